The fourth-order valence-electron chi connectivity index (χ4n) is 8.06. The molecule has 2 aliphatic heterocycles. The smallest absolute Gasteiger partial charge is 0.252 e. The molecule has 0 amide bonds. The van der Waals surface area contributed by atoms with Crippen LogP contribution in [0, 0.1) is 13.8 Å². The van der Waals surface area contributed by atoms with Crippen molar-refractivity contribution in [2.24, 2.45) is 0 Å². The maximum atomic E-state index is 2.59. The molecule has 0 spiro atoms. The van der Waals surface area contributed by atoms with Gasteiger partial charge >= 0.3 is 0 Å². The van der Waals surface area contributed by atoms with E-state index in [1.165, 1.54) is 83.9 Å². The summed E-state index contributed by atoms with van der Waals surface area (Å²) >= 11 is 0. The summed E-state index contributed by atoms with van der Waals surface area (Å²) in [6.45, 7) is 32.5. The Morgan fingerprint density at radius 3 is 1.43 bits per heavy atom. The monoisotopic (exact) mass is 672 g/mol. The molecule has 0 unspecified atom stereocenters. The Morgan fingerprint density at radius 1 is 0.373 bits per heavy atom. The number of hydrogen-bond donors (Lipinski definition) is 0. The van der Waals surface area contributed by atoms with Crippen molar-refractivity contribution < 1.29 is 0 Å². The zero-order valence-corrected chi connectivity index (χ0v) is 33.6. The summed E-state index contributed by atoms with van der Waals surface area (Å²) in [5, 5.41) is 0. The molecule has 262 valence electrons. The van der Waals surface area contributed by atoms with Crippen LogP contribution in [0.2, 0.25) is 0 Å². The van der Waals surface area contributed by atoms with Crippen molar-refractivity contribution in [2.45, 2.75) is 119 Å². The van der Waals surface area contributed by atoms with Gasteiger partial charge in [0.2, 0.25) is 0 Å². The molecular formula is C48H57BN2. The van der Waals surface area contributed by atoms with Crippen molar-refractivity contribution in [1.82, 2.24) is 0 Å². The van der Waals surface area contributed by atoms with Gasteiger partial charge in [-0.2, -0.15) is 0 Å². The molecule has 0 bridgehead atoms. The first-order valence-electron chi connectivity index (χ1n) is 18.9. The predicted molar refractivity (Wildman–Crippen MR) is 225 cm³/mol. The quantitative estimate of drug-likeness (QED) is 0.169. The van der Waals surface area contributed by atoms with E-state index in [1.54, 1.807) is 0 Å². The van der Waals surface area contributed by atoms with Crippen molar-refractivity contribution in [3.63, 3.8) is 0 Å². The SMILES string of the molecule is Cc1cc(N2c3cc(C(C)(C)C)ccc3B3c4cc(C(C)(C)C)ccc4N(c4ccc(C(C)(C)C)cc4)c4cc(C)cc2c43)cc(C(C)(C)C)c1. The maximum Gasteiger partial charge on any atom is 0.252 e. The van der Waals surface area contributed by atoms with Crippen LogP contribution in [0.15, 0.2) is 91.0 Å². The molecule has 5 aromatic rings. The van der Waals surface area contributed by atoms with Crippen molar-refractivity contribution in [3.05, 3.63) is 124 Å². The highest BCUT2D eigenvalue weighted by Crippen LogP contribution is 2.46. The number of hydrogen-bond acceptors (Lipinski definition) is 2. The largest absolute Gasteiger partial charge is 0.311 e. The lowest BCUT2D eigenvalue weighted by atomic mass is 9.33. The van der Waals surface area contributed by atoms with Gasteiger partial charge in [-0.3, -0.25) is 0 Å². The average Bonchev–Trinajstić information content (AvgIpc) is 3.02. The molecule has 3 heteroatoms. The summed E-state index contributed by atoms with van der Waals surface area (Å²) in [5.41, 5.74) is 19.8. The molecule has 5 aromatic carbocycles. The van der Waals surface area contributed by atoms with Gasteiger partial charge in [0, 0.05) is 34.1 Å². The fourth-order valence-corrected chi connectivity index (χ4v) is 8.06. The molecule has 2 aliphatic rings. The van der Waals surface area contributed by atoms with Gasteiger partial charge in [0.05, 0.1) is 0 Å². The van der Waals surface area contributed by atoms with E-state index in [4.69, 9.17) is 0 Å². The third-order valence-electron chi connectivity index (χ3n) is 11.1. The number of rotatable bonds is 2. The standard InChI is InChI=1S/C48H57BN2/c1-30-23-35(48(12,13)14)27-37(24-30)51-41-29-34(47(9,10)11)17-21-38(41)49-39-28-33(46(6,7)8)18-22-40(39)50(42-25-31(2)26-43(51)44(42)49)36-19-15-32(16-20-36)45(3,4)5/h15-29H,1-14H3. The van der Waals surface area contributed by atoms with Crippen LogP contribution in [-0.4, -0.2) is 6.71 Å². The first-order chi connectivity index (χ1) is 23.6. The minimum absolute atomic E-state index is 0.0157. The molecule has 0 aromatic heterocycles. The first-order valence-corrected chi connectivity index (χ1v) is 18.9. The molecule has 0 atom stereocenters. The van der Waals surface area contributed by atoms with Gasteiger partial charge in [-0.15, -0.1) is 0 Å². The number of fused-ring (bicyclic) bond motifs is 4. The third-order valence-corrected chi connectivity index (χ3v) is 11.1. The van der Waals surface area contributed by atoms with E-state index >= 15 is 0 Å². The van der Waals surface area contributed by atoms with Gasteiger partial charge in [-0.25, -0.2) is 0 Å². The Kier molecular flexibility index (Phi) is 8.03. The summed E-state index contributed by atoms with van der Waals surface area (Å²) < 4.78 is 0. The van der Waals surface area contributed by atoms with Crippen LogP contribution in [0.3, 0.4) is 0 Å². The summed E-state index contributed by atoms with van der Waals surface area (Å²) in [4.78, 5) is 5.13. The van der Waals surface area contributed by atoms with E-state index in [1.807, 2.05) is 0 Å². The first kappa shape index (κ1) is 35.2. The summed E-state index contributed by atoms with van der Waals surface area (Å²) in [5.74, 6) is 0. The molecule has 0 radical (unpaired) electrons. The molecule has 2 heterocycles. The van der Waals surface area contributed by atoms with E-state index in [2.05, 4.69) is 198 Å². The molecule has 0 aliphatic carbocycles. The Labute approximate surface area is 309 Å². The highest BCUT2D eigenvalue weighted by Gasteiger charge is 2.44. The maximum absolute atomic E-state index is 2.59. The molecule has 2 nitrogen and oxygen atoms in total. The number of anilines is 6. The third kappa shape index (κ3) is 6.11. The van der Waals surface area contributed by atoms with Crippen molar-refractivity contribution in [3.8, 4) is 0 Å². The van der Waals surface area contributed by atoms with Crippen LogP contribution < -0.4 is 26.2 Å². The van der Waals surface area contributed by atoms with Gasteiger partial charge < -0.3 is 9.80 Å². The van der Waals surface area contributed by atoms with Crippen molar-refractivity contribution in [1.29, 1.82) is 0 Å². The molecule has 7 rings (SSSR count). The van der Waals surface area contributed by atoms with E-state index in [-0.39, 0.29) is 28.4 Å². The Hall–Kier alpha value is -4.24. The zero-order chi connectivity index (χ0) is 37.0. The Bertz CT molecular complexity index is 2160. The van der Waals surface area contributed by atoms with E-state index in [0.29, 0.717) is 0 Å². The lowest BCUT2D eigenvalue weighted by molar-refractivity contribution is 0.589. The van der Waals surface area contributed by atoms with Crippen LogP contribution in [0.4, 0.5) is 34.1 Å². The van der Waals surface area contributed by atoms with Gasteiger partial charge in [0.15, 0.2) is 0 Å². The molecule has 0 fully saturated rings. The number of benzene rings is 5. The van der Waals surface area contributed by atoms with Gasteiger partial charge in [-0.05, 0) is 134 Å². The highest BCUT2D eigenvalue weighted by molar-refractivity contribution is 7.00. The van der Waals surface area contributed by atoms with E-state index in [9.17, 15) is 0 Å². The Morgan fingerprint density at radius 2 is 0.863 bits per heavy atom. The fraction of sp³-hybridized carbons (Fsp3) is 0.375. The minimum atomic E-state index is 0.0157. The summed E-state index contributed by atoms with van der Waals surface area (Å²) in [6, 6.07) is 35.9. The van der Waals surface area contributed by atoms with Gasteiger partial charge in [0.1, 0.15) is 0 Å². The second-order valence-electron chi connectivity index (χ2n) is 19.5. The normalized spacial score (nSPS) is 14.4. The summed E-state index contributed by atoms with van der Waals surface area (Å²) in [7, 11) is 0. The minimum Gasteiger partial charge on any atom is -0.311 e. The van der Waals surface area contributed by atoms with Gasteiger partial charge in [-0.1, -0.05) is 126 Å². The number of aryl methyl sites for hydroxylation is 2. The van der Waals surface area contributed by atoms with Gasteiger partial charge in [0.25, 0.3) is 6.71 Å². The molecule has 51 heavy (non-hydrogen) atoms. The molecule has 0 saturated heterocycles. The summed E-state index contributed by atoms with van der Waals surface area (Å²) in [6.07, 6.45) is 0. The lowest BCUT2D eigenvalue weighted by Crippen LogP contribution is -2.61. The Balaban J connectivity index is 1.59. The van der Waals surface area contributed by atoms with Crippen LogP contribution in [0.5, 0.6) is 0 Å². The van der Waals surface area contributed by atoms with Crippen LogP contribution >= 0.6 is 0 Å². The van der Waals surface area contributed by atoms with Crippen LogP contribution in [0.25, 0.3) is 0 Å². The predicted octanol–water partition coefficient (Wildman–Crippen LogP) is 11.6. The topological polar surface area (TPSA) is 6.48 Å². The van der Waals surface area contributed by atoms with E-state index in [0.717, 1.165) is 0 Å². The second-order valence-corrected chi connectivity index (χ2v) is 19.5. The molecular weight excluding hydrogens is 615 g/mol. The zero-order valence-electron chi connectivity index (χ0n) is 33.6. The molecule has 0 saturated carbocycles. The number of nitrogens with zero attached hydrogens (tertiary/aromatic N) is 2. The average molecular weight is 673 g/mol. The van der Waals surface area contributed by atoms with Crippen molar-refractivity contribution in [2.75, 3.05) is 9.80 Å². The second kappa shape index (κ2) is 11.6. The highest BCUT2D eigenvalue weighted by atomic mass is 15.2. The lowest BCUT2D eigenvalue weighted by Gasteiger charge is -2.45. The van der Waals surface area contributed by atoms with Crippen LogP contribution in [0.1, 0.15) is 116 Å². The van der Waals surface area contributed by atoms with Crippen LogP contribution in [-0.2, 0) is 21.7 Å². The molecule has 0 N–H and O–H groups in total. The van der Waals surface area contributed by atoms with Crippen molar-refractivity contribution >= 4 is 57.2 Å². The van der Waals surface area contributed by atoms with E-state index < -0.39 is 0 Å².